The van der Waals surface area contributed by atoms with E-state index >= 15 is 0 Å². The van der Waals surface area contributed by atoms with Crippen molar-refractivity contribution in [1.29, 1.82) is 5.26 Å². The predicted octanol–water partition coefficient (Wildman–Crippen LogP) is 2.92. The Bertz CT molecular complexity index is 605. The highest BCUT2D eigenvalue weighted by molar-refractivity contribution is 7.09. The van der Waals surface area contributed by atoms with E-state index in [4.69, 9.17) is 10.00 Å². The van der Waals surface area contributed by atoms with Gasteiger partial charge < -0.3 is 15.2 Å². The van der Waals surface area contributed by atoms with Crippen molar-refractivity contribution in [3.63, 3.8) is 0 Å². The topological polar surface area (TPSA) is 65.3 Å². The van der Waals surface area contributed by atoms with Gasteiger partial charge >= 0.3 is 0 Å². The van der Waals surface area contributed by atoms with E-state index in [1.54, 1.807) is 11.3 Å². The van der Waals surface area contributed by atoms with Gasteiger partial charge in [-0.15, -0.1) is 11.3 Å². The van der Waals surface area contributed by atoms with E-state index in [9.17, 15) is 5.11 Å². The lowest BCUT2D eigenvalue weighted by Crippen LogP contribution is -2.25. The van der Waals surface area contributed by atoms with Gasteiger partial charge in [0.25, 0.3) is 0 Å². The van der Waals surface area contributed by atoms with Crippen LogP contribution in [0.25, 0.3) is 0 Å². The molecule has 1 aromatic heterocycles. The molecule has 0 bridgehead atoms. The summed E-state index contributed by atoms with van der Waals surface area (Å²) in [5.74, 6) is 0. The van der Waals surface area contributed by atoms with Crippen molar-refractivity contribution < 1.29 is 9.84 Å². The zero-order valence-electron chi connectivity index (χ0n) is 11.9. The first-order chi connectivity index (χ1) is 10.2. The average Bonchev–Trinajstić information content (AvgIpc) is 2.98. The summed E-state index contributed by atoms with van der Waals surface area (Å²) in [7, 11) is 0. The van der Waals surface area contributed by atoms with Gasteiger partial charge in [0.2, 0.25) is 0 Å². The summed E-state index contributed by atoms with van der Waals surface area (Å²) in [5.41, 5.74) is 2.28. The van der Waals surface area contributed by atoms with Crippen LogP contribution < -0.4 is 5.32 Å². The molecule has 2 aromatic rings. The third-order valence-electron chi connectivity index (χ3n) is 3.05. The van der Waals surface area contributed by atoms with Crippen LogP contribution in [0, 0.1) is 18.3 Å². The third kappa shape index (κ3) is 4.57. The number of aryl methyl sites for hydroxylation is 1. The molecule has 110 valence electrons. The van der Waals surface area contributed by atoms with E-state index in [2.05, 4.69) is 11.4 Å². The van der Waals surface area contributed by atoms with E-state index in [0.29, 0.717) is 18.7 Å². The minimum Gasteiger partial charge on any atom is -0.389 e. The van der Waals surface area contributed by atoms with Gasteiger partial charge in [0.15, 0.2) is 0 Å². The number of hydrogen-bond donors (Lipinski definition) is 2. The summed E-state index contributed by atoms with van der Waals surface area (Å²) in [6, 6.07) is 11.8. The standard InChI is InChI=1S/C16H18N2O2S/c1-12-4-2-6-16(15(12)8-17)18-9-13(19)10-20-11-14-5-3-7-21-14/h2-7,13,18-19H,9-11H2,1H3. The maximum Gasteiger partial charge on any atom is 0.102 e. The van der Waals surface area contributed by atoms with Crippen LogP contribution in [0.5, 0.6) is 0 Å². The van der Waals surface area contributed by atoms with Crippen molar-refractivity contribution in [3.05, 3.63) is 51.7 Å². The maximum absolute atomic E-state index is 9.91. The molecule has 0 aliphatic carbocycles. The summed E-state index contributed by atoms with van der Waals surface area (Å²) >= 11 is 1.63. The Morgan fingerprint density at radius 3 is 2.95 bits per heavy atom. The minimum absolute atomic E-state index is 0.263. The fourth-order valence-electron chi connectivity index (χ4n) is 1.94. The van der Waals surface area contributed by atoms with Gasteiger partial charge in [0, 0.05) is 11.4 Å². The summed E-state index contributed by atoms with van der Waals surface area (Å²) in [6.07, 6.45) is -0.614. The Morgan fingerprint density at radius 2 is 2.24 bits per heavy atom. The molecule has 21 heavy (non-hydrogen) atoms. The summed E-state index contributed by atoms with van der Waals surface area (Å²) in [4.78, 5) is 1.14. The van der Waals surface area contributed by atoms with Crippen molar-refractivity contribution in [1.82, 2.24) is 0 Å². The lowest BCUT2D eigenvalue weighted by atomic mass is 10.1. The second kappa shape index (κ2) is 7.79. The SMILES string of the molecule is Cc1cccc(NCC(O)COCc2cccs2)c1C#N. The van der Waals surface area contributed by atoms with E-state index in [0.717, 1.165) is 16.1 Å². The number of aliphatic hydroxyl groups is 1. The highest BCUT2D eigenvalue weighted by atomic mass is 32.1. The number of nitrogens with zero attached hydrogens (tertiary/aromatic N) is 1. The zero-order chi connectivity index (χ0) is 15.1. The molecule has 0 spiro atoms. The second-order valence-electron chi connectivity index (χ2n) is 4.74. The first-order valence-electron chi connectivity index (χ1n) is 6.72. The highest BCUT2D eigenvalue weighted by Gasteiger charge is 2.08. The lowest BCUT2D eigenvalue weighted by molar-refractivity contribution is 0.0359. The van der Waals surface area contributed by atoms with Crippen LogP contribution >= 0.6 is 11.3 Å². The largest absolute Gasteiger partial charge is 0.389 e. The molecule has 1 atom stereocenters. The molecule has 0 saturated carbocycles. The minimum atomic E-state index is -0.614. The van der Waals surface area contributed by atoms with Crippen LogP contribution in [-0.4, -0.2) is 24.4 Å². The monoisotopic (exact) mass is 302 g/mol. The van der Waals surface area contributed by atoms with Gasteiger partial charge in [0.1, 0.15) is 6.07 Å². The number of ether oxygens (including phenoxy) is 1. The Kier molecular flexibility index (Phi) is 5.76. The van der Waals surface area contributed by atoms with E-state index in [-0.39, 0.29) is 6.61 Å². The third-order valence-corrected chi connectivity index (χ3v) is 3.90. The molecule has 1 heterocycles. The molecule has 1 aromatic carbocycles. The summed E-state index contributed by atoms with van der Waals surface area (Å²) < 4.78 is 5.46. The lowest BCUT2D eigenvalue weighted by Gasteiger charge is -2.14. The van der Waals surface area contributed by atoms with E-state index in [1.165, 1.54) is 0 Å². The predicted molar refractivity (Wildman–Crippen MR) is 84.4 cm³/mol. The number of anilines is 1. The Labute approximate surface area is 128 Å². The van der Waals surface area contributed by atoms with E-state index < -0.39 is 6.10 Å². The average molecular weight is 302 g/mol. The number of aliphatic hydroxyl groups excluding tert-OH is 1. The molecular weight excluding hydrogens is 284 g/mol. The van der Waals surface area contributed by atoms with Gasteiger partial charge in [-0.05, 0) is 30.0 Å². The van der Waals surface area contributed by atoms with Crippen molar-refractivity contribution in [2.75, 3.05) is 18.5 Å². The number of thiophene rings is 1. The van der Waals surface area contributed by atoms with Gasteiger partial charge in [-0.3, -0.25) is 0 Å². The van der Waals surface area contributed by atoms with Gasteiger partial charge in [-0.2, -0.15) is 5.26 Å². The summed E-state index contributed by atoms with van der Waals surface area (Å²) in [6.45, 7) is 3.02. The first-order valence-corrected chi connectivity index (χ1v) is 7.60. The van der Waals surface area contributed by atoms with Crippen LogP contribution in [0.2, 0.25) is 0 Å². The molecule has 1 unspecified atom stereocenters. The quantitative estimate of drug-likeness (QED) is 0.825. The van der Waals surface area contributed by atoms with Gasteiger partial charge in [0.05, 0.1) is 30.6 Å². The molecule has 4 nitrogen and oxygen atoms in total. The van der Waals surface area contributed by atoms with Crippen LogP contribution in [0.4, 0.5) is 5.69 Å². The molecule has 0 aliphatic rings. The Morgan fingerprint density at radius 1 is 1.38 bits per heavy atom. The molecule has 2 N–H and O–H groups in total. The van der Waals surface area contributed by atoms with Crippen molar-refractivity contribution in [2.45, 2.75) is 19.6 Å². The fourth-order valence-corrected chi connectivity index (χ4v) is 2.58. The van der Waals surface area contributed by atoms with Crippen molar-refractivity contribution in [3.8, 4) is 6.07 Å². The Hall–Kier alpha value is -1.87. The molecule has 0 aliphatic heterocycles. The van der Waals surface area contributed by atoms with Crippen LogP contribution in [-0.2, 0) is 11.3 Å². The highest BCUT2D eigenvalue weighted by Crippen LogP contribution is 2.18. The normalized spacial score (nSPS) is 11.9. The smallest absolute Gasteiger partial charge is 0.102 e. The second-order valence-corrected chi connectivity index (χ2v) is 5.77. The number of nitriles is 1. The molecule has 0 amide bonds. The molecule has 2 rings (SSSR count). The van der Waals surface area contributed by atoms with E-state index in [1.807, 2.05) is 42.6 Å². The number of hydrogen-bond acceptors (Lipinski definition) is 5. The fraction of sp³-hybridized carbons (Fsp3) is 0.312. The molecule has 0 saturated heterocycles. The van der Waals surface area contributed by atoms with Gasteiger partial charge in [-0.25, -0.2) is 0 Å². The molecule has 0 fully saturated rings. The maximum atomic E-state index is 9.91. The zero-order valence-corrected chi connectivity index (χ0v) is 12.7. The number of rotatable bonds is 7. The van der Waals surface area contributed by atoms with Crippen LogP contribution in [0.1, 0.15) is 16.0 Å². The van der Waals surface area contributed by atoms with Crippen molar-refractivity contribution >= 4 is 17.0 Å². The molecule has 5 heteroatoms. The summed E-state index contributed by atoms with van der Waals surface area (Å²) in [5, 5.41) is 24.1. The van der Waals surface area contributed by atoms with Crippen molar-refractivity contribution in [2.24, 2.45) is 0 Å². The van der Waals surface area contributed by atoms with Gasteiger partial charge in [-0.1, -0.05) is 18.2 Å². The molecular formula is C16H18N2O2S. The number of benzene rings is 1. The molecule has 0 radical (unpaired) electrons. The van der Waals surface area contributed by atoms with Crippen LogP contribution in [0.3, 0.4) is 0 Å². The first kappa shape index (κ1) is 15.5. The number of nitrogens with one attached hydrogen (secondary N) is 1. The Balaban J connectivity index is 1.77. The van der Waals surface area contributed by atoms with Crippen LogP contribution in [0.15, 0.2) is 35.7 Å².